The Bertz CT molecular complexity index is 934. The zero-order valence-corrected chi connectivity index (χ0v) is 15.9. The molecule has 2 aromatic rings. The van der Waals surface area contributed by atoms with Crippen LogP contribution in [0.25, 0.3) is 0 Å². The van der Waals surface area contributed by atoms with Gasteiger partial charge in [0.1, 0.15) is 0 Å². The largest absolute Gasteiger partial charge is 0.328 e. The Morgan fingerprint density at radius 1 is 1.15 bits per heavy atom. The standard InChI is InChI=1S/C21H23N3O3/c1-13-5-7-16(18(9-13)22-12-25)20(27)23-15-6-8-17-19(10-15)24(14(2)26)11-21(17,3)4/h5-10,12H,11H2,1-4H3,(H,22,25)(H,23,27). The molecule has 140 valence electrons. The van der Waals surface area contributed by atoms with Gasteiger partial charge in [0.2, 0.25) is 12.3 Å². The summed E-state index contributed by atoms with van der Waals surface area (Å²) in [6.45, 7) is 8.23. The molecule has 2 N–H and O–H groups in total. The maximum absolute atomic E-state index is 12.7. The van der Waals surface area contributed by atoms with Crippen molar-refractivity contribution in [3.63, 3.8) is 0 Å². The van der Waals surface area contributed by atoms with Gasteiger partial charge in [0.05, 0.1) is 11.3 Å². The first kappa shape index (κ1) is 18.6. The fourth-order valence-electron chi connectivity index (χ4n) is 3.49. The van der Waals surface area contributed by atoms with Gasteiger partial charge in [0, 0.05) is 30.3 Å². The van der Waals surface area contributed by atoms with E-state index in [-0.39, 0.29) is 17.2 Å². The van der Waals surface area contributed by atoms with Gasteiger partial charge in [-0.15, -0.1) is 0 Å². The van der Waals surface area contributed by atoms with E-state index in [2.05, 4.69) is 24.5 Å². The van der Waals surface area contributed by atoms with Gasteiger partial charge in [-0.1, -0.05) is 26.0 Å². The molecule has 0 fully saturated rings. The third-order valence-corrected chi connectivity index (χ3v) is 4.84. The molecule has 6 nitrogen and oxygen atoms in total. The van der Waals surface area contributed by atoms with Crippen molar-refractivity contribution in [3.05, 3.63) is 53.1 Å². The molecule has 0 bridgehead atoms. The normalized spacial score (nSPS) is 14.4. The van der Waals surface area contributed by atoms with Crippen LogP contribution in [0.3, 0.4) is 0 Å². The number of hydrogen-bond acceptors (Lipinski definition) is 3. The monoisotopic (exact) mass is 365 g/mol. The number of amides is 3. The number of fused-ring (bicyclic) bond motifs is 1. The highest BCUT2D eigenvalue weighted by Gasteiger charge is 2.36. The van der Waals surface area contributed by atoms with Gasteiger partial charge >= 0.3 is 0 Å². The van der Waals surface area contributed by atoms with E-state index < -0.39 is 0 Å². The van der Waals surface area contributed by atoms with Crippen molar-refractivity contribution >= 4 is 35.3 Å². The molecule has 0 atom stereocenters. The highest BCUT2D eigenvalue weighted by Crippen LogP contribution is 2.41. The molecular formula is C21H23N3O3. The molecule has 3 amide bonds. The van der Waals surface area contributed by atoms with E-state index in [4.69, 9.17) is 0 Å². The Morgan fingerprint density at radius 3 is 2.56 bits per heavy atom. The van der Waals surface area contributed by atoms with Crippen LogP contribution in [0, 0.1) is 6.92 Å². The summed E-state index contributed by atoms with van der Waals surface area (Å²) < 4.78 is 0. The maximum atomic E-state index is 12.7. The molecule has 1 aliphatic heterocycles. The zero-order valence-electron chi connectivity index (χ0n) is 15.9. The summed E-state index contributed by atoms with van der Waals surface area (Å²) >= 11 is 0. The van der Waals surface area contributed by atoms with Gasteiger partial charge < -0.3 is 15.5 Å². The summed E-state index contributed by atoms with van der Waals surface area (Å²) in [5.74, 6) is -0.354. The molecule has 0 aliphatic carbocycles. The lowest BCUT2D eigenvalue weighted by Gasteiger charge is -2.19. The van der Waals surface area contributed by atoms with Gasteiger partial charge in [-0.2, -0.15) is 0 Å². The number of nitrogens with one attached hydrogen (secondary N) is 2. The molecule has 0 radical (unpaired) electrons. The Kier molecular flexibility index (Phi) is 4.74. The average Bonchev–Trinajstić information content (AvgIpc) is 2.86. The lowest BCUT2D eigenvalue weighted by Crippen LogP contribution is -2.32. The second kappa shape index (κ2) is 6.87. The third-order valence-electron chi connectivity index (χ3n) is 4.84. The first-order valence-corrected chi connectivity index (χ1v) is 8.78. The average molecular weight is 365 g/mol. The summed E-state index contributed by atoms with van der Waals surface area (Å²) in [5, 5.41) is 5.42. The smallest absolute Gasteiger partial charge is 0.257 e. The molecule has 27 heavy (non-hydrogen) atoms. The van der Waals surface area contributed by atoms with Crippen LogP contribution in [0.5, 0.6) is 0 Å². The van der Waals surface area contributed by atoms with Gasteiger partial charge in [-0.3, -0.25) is 14.4 Å². The van der Waals surface area contributed by atoms with Crippen molar-refractivity contribution in [1.82, 2.24) is 0 Å². The fourth-order valence-corrected chi connectivity index (χ4v) is 3.49. The van der Waals surface area contributed by atoms with Crippen LogP contribution in [-0.4, -0.2) is 24.8 Å². The Labute approximate surface area is 158 Å². The molecular weight excluding hydrogens is 342 g/mol. The first-order valence-electron chi connectivity index (χ1n) is 8.78. The molecule has 2 aromatic carbocycles. The third kappa shape index (κ3) is 3.56. The van der Waals surface area contributed by atoms with E-state index in [1.165, 1.54) is 0 Å². The Morgan fingerprint density at radius 2 is 1.89 bits per heavy atom. The number of nitrogens with zero attached hydrogens (tertiary/aromatic N) is 1. The fraction of sp³-hybridized carbons (Fsp3) is 0.286. The second-order valence-electron chi connectivity index (χ2n) is 7.49. The van der Waals surface area contributed by atoms with Crippen LogP contribution < -0.4 is 15.5 Å². The molecule has 0 unspecified atom stereocenters. The van der Waals surface area contributed by atoms with E-state index in [1.54, 1.807) is 24.0 Å². The Hall–Kier alpha value is -3.15. The van der Waals surface area contributed by atoms with Crippen molar-refractivity contribution in [2.24, 2.45) is 0 Å². The molecule has 0 saturated heterocycles. The molecule has 0 spiro atoms. The number of rotatable bonds is 4. The quantitative estimate of drug-likeness (QED) is 0.815. The minimum absolute atomic E-state index is 0.0266. The molecule has 1 aliphatic rings. The minimum atomic E-state index is -0.328. The summed E-state index contributed by atoms with van der Waals surface area (Å²) in [7, 11) is 0. The topological polar surface area (TPSA) is 78.5 Å². The molecule has 1 heterocycles. The lowest BCUT2D eigenvalue weighted by molar-refractivity contribution is -0.116. The number of benzene rings is 2. The SMILES string of the molecule is CC(=O)N1CC(C)(C)c2ccc(NC(=O)c3ccc(C)cc3NC=O)cc21. The van der Waals surface area contributed by atoms with Crippen LogP contribution >= 0.6 is 0 Å². The van der Waals surface area contributed by atoms with Gasteiger partial charge in [0.25, 0.3) is 5.91 Å². The lowest BCUT2D eigenvalue weighted by atomic mass is 9.87. The maximum Gasteiger partial charge on any atom is 0.257 e. The van der Waals surface area contributed by atoms with Crippen molar-refractivity contribution in [3.8, 4) is 0 Å². The summed E-state index contributed by atoms with van der Waals surface area (Å²) in [5.41, 5.74) is 4.12. The summed E-state index contributed by atoms with van der Waals surface area (Å²) in [4.78, 5) is 37.3. The van der Waals surface area contributed by atoms with E-state index in [0.717, 1.165) is 16.8 Å². The highest BCUT2D eigenvalue weighted by molar-refractivity contribution is 6.09. The molecule has 6 heteroatoms. The minimum Gasteiger partial charge on any atom is -0.328 e. The van der Waals surface area contributed by atoms with Gasteiger partial charge in [-0.25, -0.2) is 0 Å². The zero-order chi connectivity index (χ0) is 19.8. The van der Waals surface area contributed by atoms with E-state index in [9.17, 15) is 14.4 Å². The van der Waals surface area contributed by atoms with Crippen LogP contribution in [0.2, 0.25) is 0 Å². The Balaban J connectivity index is 1.92. The van der Waals surface area contributed by atoms with E-state index in [1.807, 2.05) is 31.2 Å². The molecule has 0 saturated carbocycles. The molecule has 3 rings (SSSR count). The van der Waals surface area contributed by atoms with E-state index >= 15 is 0 Å². The van der Waals surface area contributed by atoms with Crippen LogP contribution in [0.1, 0.15) is 42.3 Å². The number of anilines is 3. The number of aryl methyl sites for hydroxylation is 1. The van der Waals surface area contributed by atoms with Crippen molar-refractivity contribution < 1.29 is 14.4 Å². The van der Waals surface area contributed by atoms with Gasteiger partial charge in [0.15, 0.2) is 0 Å². The van der Waals surface area contributed by atoms with Crippen LogP contribution in [0.15, 0.2) is 36.4 Å². The van der Waals surface area contributed by atoms with Crippen LogP contribution in [0.4, 0.5) is 17.1 Å². The summed E-state index contributed by atoms with van der Waals surface area (Å²) in [6.07, 6.45) is 0.549. The summed E-state index contributed by atoms with van der Waals surface area (Å²) in [6, 6.07) is 10.8. The number of carbonyl (C=O) groups is 3. The van der Waals surface area contributed by atoms with Gasteiger partial charge in [-0.05, 0) is 42.3 Å². The predicted molar refractivity (Wildman–Crippen MR) is 106 cm³/mol. The second-order valence-corrected chi connectivity index (χ2v) is 7.49. The highest BCUT2D eigenvalue weighted by atomic mass is 16.2. The predicted octanol–water partition coefficient (Wildman–Crippen LogP) is 3.46. The first-order chi connectivity index (χ1) is 12.7. The van der Waals surface area contributed by atoms with Crippen molar-refractivity contribution in [2.75, 3.05) is 22.1 Å². The molecule has 0 aromatic heterocycles. The van der Waals surface area contributed by atoms with Crippen molar-refractivity contribution in [1.29, 1.82) is 0 Å². The number of hydrogen-bond donors (Lipinski definition) is 2. The van der Waals surface area contributed by atoms with E-state index in [0.29, 0.717) is 29.9 Å². The number of carbonyl (C=O) groups excluding carboxylic acids is 3. The van der Waals surface area contributed by atoms with Crippen molar-refractivity contribution in [2.45, 2.75) is 33.1 Å². The van der Waals surface area contributed by atoms with Crippen LogP contribution in [-0.2, 0) is 15.0 Å².